The van der Waals surface area contributed by atoms with E-state index in [-0.39, 0.29) is 12.6 Å². The van der Waals surface area contributed by atoms with Crippen molar-refractivity contribution in [1.29, 1.82) is 5.26 Å². The lowest BCUT2D eigenvalue weighted by atomic mass is 10.0. The lowest BCUT2D eigenvalue weighted by Gasteiger charge is -2.36. The molecule has 1 aliphatic rings. The van der Waals surface area contributed by atoms with Gasteiger partial charge in [0.1, 0.15) is 6.04 Å². The fourth-order valence-corrected chi connectivity index (χ4v) is 2.69. The lowest BCUT2D eigenvalue weighted by molar-refractivity contribution is 0.0982. The third-order valence-corrected chi connectivity index (χ3v) is 4.01. The van der Waals surface area contributed by atoms with E-state index in [1.165, 1.54) is 5.56 Å². The van der Waals surface area contributed by atoms with Crippen molar-refractivity contribution < 1.29 is 5.11 Å². The highest BCUT2D eigenvalue weighted by molar-refractivity contribution is 5.28. The summed E-state index contributed by atoms with van der Waals surface area (Å²) in [5.41, 5.74) is 2.39. The Morgan fingerprint density at radius 3 is 2.35 bits per heavy atom. The zero-order chi connectivity index (χ0) is 14.4. The molecule has 1 unspecified atom stereocenters. The molecule has 1 saturated heterocycles. The van der Waals surface area contributed by atoms with Crippen LogP contribution in [0.15, 0.2) is 24.3 Å². The zero-order valence-corrected chi connectivity index (χ0v) is 12.1. The summed E-state index contributed by atoms with van der Waals surface area (Å²) in [6, 6.07) is 10.7. The molecule has 1 aliphatic heterocycles. The first-order valence-electron chi connectivity index (χ1n) is 7.34. The van der Waals surface area contributed by atoms with E-state index in [0.29, 0.717) is 0 Å². The minimum atomic E-state index is -0.155. The van der Waals surface area contributed by atoms with E-state index in [2.05, 4.69) is 47.1 Å². The van der Waals surface area contributed by atoms with Crippen LogP contribution in [-0.2, 0) is 6.42 Å². The average molecular weight is 273 g/mol. The smallest absolute Gasteiger partial charge is 0.123 e. The van der Waals surface area contributed by atoms with Crippen molar-refractivity contribution in [2.45, 2.75) is 19.4 Å². The number of hydrogen-bond donors (Lipinski definition) is 1. The van der Waals surface area contributed by atoms with E-state index < -0.39 is 0 Å². The van der Waals surface area contributed by atoms with Gasteiger partial charge in [-0.25, -0.2) is 0 Å². The molecule has 0 aliphatic carbocycles. The van der Waals surface area contributed by atoms with Crippen LogP contribution in [0, 0.1) is 11.3 Å². The van der Waals surface area contributed by atoms with Crippen molar-refractivity contribution in [2.75, 3.05) is 39.3 Å². The summed E-state index contributed by atoms with van der Waals surface area (Å²) in [6.45, 7) is 6.69. The highest BCUT2D eigenvalue weighted by Gasteiger charge is 2.24. The Hall–Kier alpha value is -1.41. The van der Waals surface area contributed by atoms with E-state index in [1.54, 1.807) is 0 Å². The molecular weight excluding hydrogens is 250 g/mol. The number of nitriles is 1. The van der Waals surface area contributed by atoms with Gasteiger partial charge in [-0.2, -0.15) is 5.26 Å². The highest BCUT2D eigenvalue weighted by atomic mass is 16.3. The van der Waals surface area contributed by atoms with Crippen LogP contribution >= 0.6 is 0 Å². The van der Waals surface area contributed by atoms with Gasteiger partial charge in [-0.3, -0.25) is 9.80 Å². The van der Waals surface area contributed by atoms with Crippen LogP contribution in [0.25, 0.3) is 0 Å². The van der Waals surface area contributed by atoms with Gasteiger partial charge >= 0.3 is 0 Å². The van der Waals surface area contributed by atoms with Gasteiger partial charge in [0.15, 0.2) is 0 Å². The first kappa shape index (κ1) is 15.0. The summed E-state index contributed by atoms with van der Waals surface area (Å²) >= 11 is 0. The summed E-state index contributed by atoms with van der Waals surface area (Å²) in [5.74, 6) is 0. The summed E-state index contributed by atoms with van der Waals surface area (Å²) in [6.07, 6.45) is 1.03. The van der Waals surface area contributed by atoms with Gasteiger partial charge in [0.25, 0.3) is 0 Å². The molecule has 1 atom stereocenters. The molecule has 0 radical (unpaired) electrons. The Morgan fingerprint density at radius 2 is 1.85 bits per heavy atom. The fraction of sp³-hybridized carbons (Fsp3) is 0.562. The number of benzene rings is 1. The molecule has 20 heavy (non-hydrogen) atoms. The van der Waals surface area contributed by atoms with Crippen molar-refractivity contribution in [3.05, 3.63) is 35.4 Å². The molecule has 2 rings (SSSR count). The minimum Gasteiger partial charge on any atom is -0.395 e. The molecular formula is C16H23N3O. The maximum absolute atomic E-state index is 9.48. The SMILES string of the molecule is CCc1ccc(C(C#N)N2CCN(CCO)CC2)cc1. The second-order valence-electron chi connectivity index (χ2n) is 5.23. The Morgan fingerprint density at radius 1 is 1.20 bits per heavy atom. The van der Waals surface area contributed by atoms with Crippen molar-refractivity contribution >= 4 is 0 Å². The zero-order valence-electron chi connectivity index (χ0n) is 12.1. The Balaban J connectivity index is 2.00. The normalized spacial score (nSPS) is 18.6. The van der Waals surface area contributed by atoms with Crippen LogP contribution in [-0.4, -0.2) is 54.2 Å². The van der Waals surface area contributed by atoms with Gasteiger partial charge < -0.3 is 5.11 Å². The Kier molecular flexibility index (Phi) is 5.54. The lowest BCUT2D eigenvalue weighted by Crippen LogP contribution is -2.48. The number of nitrogens with zero attached hydrogens (tertiary/aromatic N) is 3. The number of aryl methyl sites for hydroxylation is 1. The monoisotopic (exact) mass is 273 g/mol. The molecule has 0 aromatic heterocycles. The van der Waals surface area contributed by atoms with E-state index in [9.17, 15) is 5.26 Å². The molecule has 108 valence electrons. The average Bonchev–Trinajstić information content (AvgIpc) is 2.51. The molecule has 1 N–H and O–H groups in total. The van der Waals surface area contributed by atoms with Gasteiger partial charge in [-0.15, -0.1) is 0 Å². The summed E-state index contributed by atoms with van der Waals surface area (Å²) < 4.78 is 0. The molecule has 1 aromatic rings. The predicted octanol–water partition coefficient (Wildman–Crippen LogP) is 1.42. The molecule has 4 nitrogen and oxygen atoms in total. The molecule has 0 spiro atoms. The maximum Gasteiger partial charge on any atom is 0.123 e. The van der Waals surface area contributed by atoms with E-state index in [0.717, 1.165) is 44.7 Å². The van der Waals surface area contributed by atoms with Crippen molar-refractivity contribution in [3.63, 3.8) is 0 Å². The molecule has 0 saturated carbocycles. The molecule has 1 aromatic carbocycles. The Labute approximate surface area is 121 Å². The first-order valence-corrected chi connectivity index (χ1v) is 7.34. The first-order chi connectivity index (χ1) is 9.78. The number of β-amino-alcohol motifs (C(OH)–C–C–N with tert-alkyl or cyclic N) is 1. The topological polar surface area (TPSA) is 50.5 Å². The quantitative estimate of drug-likeness (QED) is 0.881. The summed E-state index contributed by atoms with van der Waals surface area (Å²) in [7, 11) is 0. The number of rotatable bonds is 5. The van der Waals surface area contributed by atoms with Crippen molar-refractivity contribution in [1.82, 2.24) is 9.80 Å². The van der Waals surface area contributed by atoms with Crippen LogP contribution in [0.1, 0.15) is 24.1 Å². The maximum atomic E-state index is 9.48. The number of aliphatic hydroxyl groups is 1. The number of piperazine rings is 1. The van der Waals surface area contributed by atoms with Gasteiger partial charge in [0.2, 0.25) is 0 Å². The highest BCUT2D eigenvalue weighted by Crippen LogP contribution is 2.22. The third kappa shape index (κ3) is 3.57. The number of aliphatic hydroxyl groups excluding tert-OH is 1. The van der Waals surface area contributed by atoms with Crippen LogP contribution in [0.2, 0.25) is 0 Å². The summed E-state index contributed by atoms with van der Waals surface area (Å²) in [5, 5.41) is 18.4. The van der Waals surface area contributed by atoms with Crippen LogP contribution in [0.5, 0.6) is 0 Å². The molecule has 4 heteroatoms. The van der Waals surface area contributed by atoms with Crippen molar-refractivity contribution in [3.8, 4) is 6.07 Å². The third-order valence-electron chi connectivity index (χ3n) is 4.01. The van der Waals surface area contributed by atoms with Crippen LogP contribution in [0.3, 0.4) is 0 Å². The van der Waals surface area contributed by atoms with Gasteiger partial charge in [-0.05, 0) is 17.5 Å². The second kappa shape index (κ2) is 7.39. The van der Waals surface area contributed by atoms with E-state index in [4.69, 9.17) is 5.11 Å². The van der Waals surface area contributed by atoms with Gasteiger partial charge in [0.05, 0.1) is 12.7 Å². The van der Waals surface area contributed by atoms with E-state index >= 15 is 0 Å². The largest absolute Gasteiger partial charge is 0.395 e. The van der Waals surface area contributed by atoms with Gasteiger partial charge in [-0.1, -0.05) is 31.2 Å². The molecule has 1 fully saturated rings. The fourth-order valence-electron chi connectivity index (χ4n) is 2.69. The number of hydrogen-bond acceptors (Lipinski definition) is 4. The predicted molar refractivity (Wildman–Crippen MR) is 79.3 cm³/mol. The standard InChI is InChI=1S/C16H23N3O/c1-2-14-3-5-15(6-4-14)16(13-17)19-9-7-18(8-10-19)11-12-20/h3-6,16,20H,2,7-12H2,1H3. The van der Waals surface area contributed by atoms with Crippen LogP contribution in [0.4, 0.5) is 0 Å². The minimum absolute atomic E-state index is 0.155. The van der Waals surface area contributed by atoms with Crippen LogP contribution < -0.4 is 0 Å². The molecule has 0 bridgehead atoms. The second-order valence-corrected chi connectivity index (χ2v) is 5.23. The Bertz CT molecular complexity index is 444. The molecule has 1 heterocycles. The van der Waals surface area contributed by atoms with Gasteiger partial charge in [0, 0.05) is 32.7 Å². The van der Waals surface area contributed by atoms with E-state index in [1.807, 2.05) is 0 Å². The summed E-state index contributed by atoms with van der Waals surface area (Å²) in [4.78, 5) is 4.47. The van der Waals surface area contributed by atoms with Crippen molar-refractivity contribution in [2.24, 2.45) is 0 Å². The molecule has 0 amide bonds.